The first kappa shape index (κ1) is 24.6. The van der Waals surface area contributed by atoms with E-state index in [1.165, 1.54) is 13.1 Å². The normalized spacial score (nSPS) is 20.0. The van der Waals surface area contributed by atoms with Gasteiger partial charge in [0, 0.05) is 32.8 Å². The summed E-state index contributed by atoms with van der Waals surface area (Å²) >= 11 is 5.92. The van der Waals surface area contributed by atoms with Gasteiger partial charge in [-0.25, -0.2) is 4.39 Å². The number of carbonyl (C=O) groups excluding carboxylic acids is 2. The Balaban J connectivity index is 1.71. The molecule has 4 rings (SSSR count). The van der Waals surface area contributed by atoms with Gasteiger partial charge in [0.05, 0.1) is 28.3 Å². The van der Waals surface area contributed by atoms with Gasteiger partial charge in [-0.2, -0.15) is 0 Å². The number of rotatable bonds is 6. The Morgan fingerprint density at radius 1 is 1.24 bits per heavy atom. The first-order chi connectivity index (χ1) is 16.3. The Kier molecular flexibility index (Phi) is 7.26. The summed E-state index contributed by atoms with van der Waals surface area (Å²) in [4.78, 5) is 28.6. The number of amides is 2. The highest BCUT2D eigenvalue weighted by Gasteiger charge is 2.53. The number of halogens is 2. The number of carbonyl (C=O) groups is 2. The molecule has 2 aliphatic rings. The smallest absolute Gasteiger partial charge is 0.253 e. The molecule has 34 heavy (non-hydrogen) atoms. The molecule has 0 aliphatic carbocycles. The van der Waals surface area contributed by atoms with Crippen molar-refractivity contribution in [1.29, 1.82) is 0 Å². The van der Waals surface area contributed by atoms with Crippen LogP contribution in [0.1, 0.15) is 54.1 Å². The van der Waals surface area contributed by atoms with Crippen molar-refractivity contribution in [2.24, 2.45) is 0 Å². The summed E-state index contributed by atoms with van der Waals surface area (Å²) in [5.41, 5.74) is 1.46. The molecule has 2 aromatic rings. The van der Waals surface area contributed by atoms with Gasteiger partial charge < -0.3 is 15.4 Å². The second-order valence-electron chi connectivity index (χ2n) is 9.45. The van der Waals surface area contributed by atoms with E-state index in [9.17, 15) is 14.0 Å². The number of hydrogen-bond donors (Lipinski definition) is 2. The van der Waals surface area contributed by atoms with E-state index in [2.05, 4.69) is 35.4 Å². The summed E-state index contributed by atoms with van der Waals surface area (Å²) < 4.78 is 20.0. The molecule has 2 N–H and O–H groups in total. The summed E-state index contributed by atoms with van der Waals surface area (Å²) in [7, 11) is 1.47. The first-order valence-corrected chi connectivity index (χ1v) is 12.1. The van der Waals surface area contributed by atoms with E-state index in [1.807, 2.05) is 18.2 Å². The zero-order valence-electron chi connectivity index (χ0n) is 19.8. The van der Waals surface area contributed by atoms with E-state index < -0.39 is 17.1 Å². The van der Waals surface area contributed by atoms with Crippen molar-refractivity contribution >= 4 is 29.1 Å². The number of anilines is 1. The molecule has 2 amide bonds. The average molecular weight is 488 g/mol. The number of ether oxygens (including phenoxy) is 1. The molecule has 2 heterocycles. The highest BCUT2D eigenvalue weighted by Crippen LogP contribution is 2.42. The van der Waals surface area contributed by atoms with Crippen molar-refractivity contribution < 1.29 is 18.7 Å². The zero-order valence-corrected chi connectivity index (χ0v) is 20.5. The first-order valence-electron chi connectivity index (χ1n) is 11.7. The maximum absolute atomic E-state index is 14.3. The molecule has 2 saturated heterocycles. The summed E-state index contributed by atoms with van der Waals surface area (Å²) in [6.07, 6.45) is 2.04. The number of benzene rings is 2. The van der Waals surface area contributed by atoms with Crippen LogP contribution in [0.15, 0.2) is 36.4 Å². The van der Waals surface area contributed by atoms with Crippen LogP contribution < -0.4 is 10.6 Å². The van der Waals surface area contributed by atoms with Crippen LogP contribution in [0.25, 0.3) is 0 Å². The molecule has 2 aromatic carbocycles. The predicted molar refractivity (Wildman–Crippen MR) is 131 cm³/mol. The number of nitrogens with zero attached hydrogens (tertiary/aromatic N) is 1. The fourth-order valence-corrected chi connectivity index (χ4v) is 5.17. The minimum atomic E-state index is -0.825. The molecule has 2 fully saturated rings. The fraction of sp³-hybridized carbons (Fsp3) is 0.462. The fourth-order valence-electron chi connectivity index (χ4n) is 5.00. The van der Waals surface area contributed by atoms with Gasteiger partial charge in [-0.15, -0.1) is 0 Å². The van der Waals surface area contributed by atoms with E-state index in [4.69, 9.17) is 16.3 Å². The molecule has 0 saturated carbocycles. The quantitative estimate of drug-likeness (QED) is 0.636. The molecule has 8 heteroatoms. The predicted octanol–water partition coefficient (Wildman–Crippen LogP) is 4.33. The molecular formula is C26H31ClFN3O3. The van der Waals surface area contributed by atoms with Crippen molar-refractivity contribution in [3.63, 3.8) is 0 Å². The Bertz CT molecular complexity index is 1080. The third kappa shape index (κ3) is 4.57. The summed E-state index contributed by atoms with van der Waals surface area (Å²) in [5.74, 6) is -1.19. The lowest BCUT2D eigenvalue weighted by atomic mass is 9.69. The Hall–Kier alpha value is -2.48. The second-order valence-corrected chi connectivity index (χ2v) is 9.85. The van der Waals surface area contributed by atoms with Crippen molar-refractivity contribution in [3.8, 4) is 0 Å². The lowest BCUT2D eigenvalue weighted by Crippen LogP contribution is -2.68. The monoisotopic (exact) mass is 487 g/mol. The van der Waals surface area contributed by atoms with Crippen molar-refractivity contribution in [1.82, 2.24) is 10.2 Å². The van der Waals surface area contributed by atoms with E-state index in [1.54, 1.807) is 0 Å². The highest BCUT2D eigenvalue weighted by atomic mass is 35.5. The van der Waals surface area contributed by atoms with Gasteiger partial charge >= 0.3 is 0 Å². The number of nitrogens with one attached hydrogen (secondary N) is 2. The highest BCUT2D eigenvalue weighted by molar-refractivity contribution is 6.31. The van der Waals surface area contributed by atoms with Gasteiger partial charge in [0.25, 0.3) is 5.91 Å². The molecule has 1 unspecified atom stereocenters. The summed E-state index contributed by atoms with van der Waals surface area (Å²) in [6, 6.07) is 10.6. The minimum Gasteiger partial charge on any atom is -0.380 e. The van der Waals surface area contributed by atoms with E-state index in [-0.39, 0.29) is 34.1 Å². The minimum absolute atomic E-state index is 0.104. The molecule has 6 nitrogen and oxygen atoms in total. The lowest BCUT2D eigenvalue weighted by Gasteiger charge is -2.53. The van der Waals surface area contributed by atoms with Gasteiger partial charge in [-0.05, 0) is 42.0 Å². The molecule has 0 aromatic heterocycles. The number of hydrogen-bond acceptors (Lipinski definition) is 4. The van der Waals surface area contributed by atoms with Gasteiger partial charge in [0.15, 0.2) is 0 Å². The Morgan fingerprint density at radius 2 is 1.97 bits per heavy atom. The van der Waals surface area contributed by atoms with Gasteiger partial charge in [-0.1, -0.05) is 49.7 Å². The number of likely N-dealkylation sites (tertiary alicyclic amines) is 1. The summed E-state index contributed by atoms with van der Waals surface area (Å²) in [6.45, 7) is 6.70. The van der Waals surface area contributed by atoms with E-state index in [0.717, 1.165) is 36.6 Å². The molecule has 0 bridgehead atoms. The van der Waals surface area contributed by atoms with Crippen LogP contribution in [0.5, 0.6) is 0 Å². The van der Waals surface area contributed by atoms with Gasteiger partial charge in [0.2, 0.25) is 5.91 Å². The van der Waals surface area contributed by atoms with Crippen LogP contribution in [0.4, 0.5) is 10.1 Å². The maximum Gasteiger partial charge on any atom is 0.253 e. The van der Waals surface area contributed by atoms with Crippen LogP contribution in [0, 0.1) is 5.82 Å². The van der Waals surface area contributed by atoms with Crippen molar-refractivity contribution in [2.75, 3.05) is 38.7 Å². The topological polar surface area (TPSA) is 70.7 Å². The van der Waals surface area contributed by atoms with Crippen LogP contribution >= 0.6 is 11.6 Å². The van der Waals surface area contributed by atoms with Crippen molar-refractivity contribution in [3.05, 3.63) is 63.9 Å². The van der Waals surface area contributed by atoms with Crippen molar-refractivity contribution in [2.45, 2.75) is 44.1 Å². The van der Waals surface area contributed by atoms with E-state index >= 15 is 0 Å². The van der Waals surface area contributed by atoms with Gasteiger partial charge in [-0.3, -0.25) is 14.5 Å². The average Bonchev–Trinajstić information content (AvgIpc) is 2.81. The molecule has 0 radical (unpaired) electrons. The van der Waals surface area contributed by atoms with Crippen LogP contribution in [0.2, 0.25) is 5.02 Å². The molecule has 182 valence electrons. The molecular weight excluding hydrogens is 457 g/mol. The standard InChI is InChI=1S/C26H31ClFN3O3/c1-16(2)18-8-4-5-9-20(18)26(14-31(15-26)17-7-6-10-34-13-17)25(33)30-23-12-22(28)21(27)11-19(23)24(32)29-3/h4-5,8-9,11-12,16-17H,6-7,10,13-15H2,1-3H3,(H,29,32)(H,30,33). The zero-order chi connectivity index (χ0) is 24.5. The van der Waals surface area contributed by atoms with Crippen LogP contribution in [-0.2, 0) is 14.9 Å². The van der Waals surface area contributed by atoms with E-state index in [0.29, 0.717) is 19.7 Å². The molecule has 0 spiro atoms. The third-order valence-electron chi connectivity index (χ3n) is 6.91. The SMILES string of the molecule is CNC(=O)c1cc(Cl)c(F)cc1NC(=O)C1(c2ccccc2C(C)C)CN(C2CCCOC2)C1. The second kappa shape index (κ2) is 10.0. The third-order valence-corrected chi connectivity index (χ3v) is 7.20. The Morgan fingerprint density at radius 3 is 2.62 bits per heavy atom. The Labute approximate surface area is 204 Å². The van der Waals surface area contributed by atoms with Crippen LogP contribution in [0.3, 0.4) is 0 Å². The van der Waals surface area contributed by atoms with Gasteiger partial charge in [0.1, 0.15) is 5.82 Å². The largest absolute Gasteiger partial charge is 0.380 e. The maximum atomic E-state index is 14.3. The summed E-state index contributed by atoms with van der Waals surface area (Å²) in [5, 5.41) is 5.21. The van der Waals surface area contributed by atoms with Crippen LogP contribution in [-0.4, -0.2) is 56.1 Å². The molecule has 1 atom stereocenters. The molecule has 2 aliphatic heterocycles. The lowest BCUT2D eigenvalue weighted by molar-refractivity contribution is -0.132.